The van der Waals surface area contributed by atoms with Gasteiger partial charge in [0.05, 0.1) is 28.6 Å². The molecule has 39 heavy (non-hydrogen) atoms. The van der Waals surface area contributed by atoms with Gasteiger partial charge in [-0.1, -0.05) is 36.4 Å². The van der Waals surface area contributed by atoms with Gasteiger partial charge >= 0.3 is 6.18 Å². The quantitative estimate of drug-likeness (QED) is 0.180. The number of pyridine rings is 1. The predicted molar refractivity (Wildman–Crippen MR) is 141 cm³/mol. The monoisotopic (exact) mass is 582 g/mol. The summed E-state index contributed by atoms with van der Waals surface area (Å²) in [5, 5.41) is 9.70. The van der Waals surface area contributed by atoms with Gasteiger partial charge < -0.3 is 9.84 Å². The van der Waals surface area contributed by atoms with Crippen molar-refractivity contribution in [1.82, 2.24) is 4.98 Å². The molecule has 4 rings (SSSR count). The maximum atomic E-state index is 14.4. The van der Waals surface area contributed by atoms with Crippen LogP contribution in [0.15, 0.2) is 72.1 Å². The zero-order chi connectivity index (χ0) is 28.5. The van der Waals surface area contributed by atoms with Gasteiger partial charge in [-0.25, -0.2) is 12.8 Å². The summed E-state index contributed by atoms with van der Waals surface area (Å²) < 4.78 is 88.6. The SMILES string of the molecule is C=C(O)CC[C@H]1CN(S(=O)(=O)c2cncc(C(F)(F)F)c2)c2cc(/C=C(\C)c3c(F)cccc3Cl)ccc2O1. The van der Waals surface area contributed by atoms with E-state index < -0.39 is 38.6 Å². The predicted octanol–water partition coefficient (Wildman–Crippen LogP) is 7.26. The topological polar surface area (TPSA) is 79.7 Å². The molecule has 2 heterocycles. The van der Waals surface area contributed by atoms with Crippen LogP contribution in [0.4, 0.5) is 23.2 Å². The summed E-state index contributed by atoms with van der Waals surface area (Å²) in [5.74, 6) is -0.493. The first-order valence-electron chi connectivity index (χ1n) is 11.6. The van der Waals surface area contributed by atoms with Crippen molar-refractivity contribution in [3.63, 3.8) is 0 Å². The minimum atomic E-state index is -4.80. The van der Waals surface area contributed by atoms with E-state index in [1.54, 1.807) is 19.1 Å². The molecule has 0 bridgehead atoms. The number of benzene rings is 2. The van der Waals surface area contributed by atoms with Gasteiger partial charge in [-0.2, -0.15) is 13.2 Å². The Kier molecular flexibility index (Phi) is 7.94. The number of hydrogen-bond donors (Lipinski definition) is 1. The van der Waals surface area contributed by atoms with E-state index in [1.165, 1.54) is 30.3 Å². The number of fused-ring (bicyclic) bond motifs is 1. The van der Waals surface area contributed by atoms with Gasteiger partial charge in [0.1, 0.15) is 22.6 Å². The van der Waals surface area contributed by atoms with E-state index in [2.05, 4.69) is 11.6 Å². The smallest absolute Gasteiger partial charge is 0.417 e. The third-order valence-electron chi connectivity index (χ3n) is 6.04. The van der Waals surface area contributed by atoms with Crippen molar-refractivity contribution in [2.45, 2.75) is 36.9 Å². The number of rotatable bonds is 7. The van der Waals surface area contributed by atoms with Crippen LogP contribution in [-0.4, -0.2) is 31.2 Å². The van der Waals surface area contributed by atoms with Crippen molar-refractivity contribution in [2.75, 3.05) is 10.8 Å². The van der Waals surface area contributed by atoms with Gasteiger partial charge in [-0.3, -0.25) is 9.29 Å². The van der Waals surface area contributed by atoms with E-state index in [1.807, 2.05) is 0 Å². The van der Waals surface area contributed by atoms with E-state index >= 15 is 0 Å². The van der Waals surface area contributed by atoms with Gasteiger partial charge in [0.2, 0.25) is 0 Å². The Labute approximate surface area is 227 Å². The van der Waals surface area contributed by atoms with E-state index in [9.17, 15) is 31.1 Å². The molecule has 0 saturated heterocycles. The summed E-state index contributed by atoms with van der Waals surface area (Å²) in [7, 11) is -4.54. The molecule has 1 aromatic heterocycles. The van der Waals surface area contributed by atoms with Crippen molar-refractivity contribution in [3.05, 3.63) is 94.7 Å². The molecule has 3 aromatic rings. The molecule has 0 fully saturated rings. The van der Waals surface area contributed by atoms with E-state index in [-0.39, 0.29) is 47.2 Å². The Morgan fingerprint density at radius 3 is 2.67 bits per heavy atom. The number of allylic oxidation sites excluding steroid dienone is 2. The van der Waals surface area contributed by atoms with Crippen LogP contribution in [0.3, 0.4) is 0 Å². The summed E-state index contributed by atoms with van der Waals surface area (Å²) >= 11 is 6.17. The molecular formula is C27H23ClF4N2O4S. The molecule has 6 nitrogen and oxygen atoms in total. The van der Waals surface area contributed by atoms with Crippen LogP contribution >= 0.6 is 11.6 Å². The first-order valence-corrected chi connectivity index (χ1v) is 13.4. The average molecular weight is 583 g/mol. The fourth-order valence-electron chi connectivity index (χ4n) is 4.16. The van der Waals surface area contributed by atoms with Crippen molar-refractivity contribution in [2.24, 2.45) is 0 Å². The zero-order valence-electron chi connectivity index (χ0n) is 20.5. The second-order valence-corrected chi connectivity index (χ2v) is 11.2. The Bertz CT molecular complexity index is 1540. The summed E-state index contributed by atoms with van der Waals surface area (Å²) in [6, 6.07) is 9.42. The first kappa shape index (κ1) is 28.4. The number of aromatic nitrogens is 1. The van der Waals surface area contributed by atoms with Crippen LogP contribution in [-0.2, 0) is 16.2 Å². The van der Waals surface area contributed by atoms with Gasteiger partial charge in [-0.15, -0.1) is 0 Å². The second kappa shape index (κ2) is 10.9. The van der Waals surface area contributed by atoms with Crippen molar-refractivity contribution in [1.29, 1.82) is 0 Å². The van der Waals surface area contributed by atoms with Gasteiger partial charge in [0.25, 0.3) is 10.0 Å². The highest BCUT2D eigenvalue weighted by Gasteiger charge is 2.37. The number of ether oxygens (including phenoxy) is 1. The fourth-order valence-corrected chi connectivity index (χ4v) is 5.96. The fraction of sp³-hybridized carbons (Fsp3) is 0.222. The summed E-state index contributed by atoms with van der Waals surface area (Å²) in [6.45, 7) is 4.81. The molecule has 1 N–H and O–H groups in total. The highest BCUT2D eigenvalue weighted by atomic mass is 35.5. The summed E-state index contributed by atoms with van der Waals surface area (Å²) in [6.07, 6.45) is -2.20. The van der Waals surface area contributed by atoms with Crippen LogP contribution in [0.2, 0.25) is 5.02 Å². The molecule has 2 aromatic carbocycles. The van der Waals surface area contributed by atoms with Crippen LogP contribution in [0, 0.1) is 5.82 Å². The third-order valence-corrected chi connectivity index (χ3v) is 8.10. The molecule has 0 saturated carbocycles. The van der Waals surface area contributed by atoms with Gasteiger partial charge in [0, 0.05) is 24.4 Å². The molecule has 0 amide bonds. The van der Waals surface area contributed by atoms with E-state index in [0.717, 1.165) is 10.5 Å². The lowest BCUT2D eigenvalue weighted by Crippen LogP contribution is -2.43. The molecule has 1 aliphatic heterocycles. The summed E-state index contributed by atoms with van der Waals surface area (Å²) in [5.41, 5.74) is -0.0202. The van der Waals surface area contributed by atoms with Crippen molar-refractivity contribution < 1.29 is 35.8 Å². The number of aliphatic hydroxyl groups excluding tert-OH is 1. The van der Waals surface area contributed by atoms with Crippen molar-refractivity contribution >= 4 is 39.0 Å². The molecule has 12 heteroatoms. The normalized spacial score (nSPS) is 16.0. The molecule has 0 spiro atoms. The van der Waals surface area contributed by atoms with Crippen LogP contribution in [0.5, 0.6) is 5.75 Å². The Hall–Kier alpha value is -3.57. The Morgan fingerprint density at radius 2 is 2.00 bits per heavy atom. The molecule has 1 aliphatic rings. The standard InChI is InChI=1S/C27H23ClF4N2O4S/c1-16(26-22(28)4-3-5-23(26)29)10-18-7-9-25-24(11-18)34(15-20(38-25)8-6-17(2)35)39(36,37)21-12-19(13-33-14-21)27(30,31)32/h3-5,7,9-14,20,35H,2,6,8,15H2,1H3/b16-10+/t20-/m0/s1. The number of anilines is 1. The minimum absolute atomic E-state index is 0.0765. The molecule has 0 aliphatic carbocycles. The lowest BCUT2D eigenvalue weighted by Gasteiger charge is -2.35. The maximum absolute atomic E-state index is 14.4. The molecule has 0 radical (unpaired) electrons. The summed E-state index contributed by atoms with van der Waals surface area (Å²) in [4.78, 5) is 2.85. The van der Waals surface area contributed by atoms with Crippen molar-refractivity contribution in [3.8, 4) is 5.75 Å². The highest BCUT2D eigenvalue weighted by molar-refractivity contribution is 7.92. The number of alkyl halides is 3. The second-order valence-electron chi connectivity index (χ2n) is 8.94. The van der Waals surface area contributed by atoms with E-state index in [4.69, 9.17) is 16.3 Å². The molecule has 0 unspecified atom stereocenters. The average Bonchev–Trinajstić information content (AvgIpc) is 2.86. The number of nitrogens with zero attached hydrogens (tertiary/aromatic N) is 2. The number of halogens is 5. The zero-order valence-corrected chi connectivity index (χ0v) is 22.1. The van der Waals surface area contributed by atoms with Gasteiger partial charge in [-0.05, 0) is 54.8 Å². The maximum Gasteiger partial charge on any atom is 0.417 e. The van der Waals surface area contributed by atoms with Crippen LogP contribution < -0.4 is 9.04 Å². The van der Waals surface area contributed by atoms with Crippen LogP contribution in [0.1, 0.15) is 36.5 Å². The molecular weight excluding hydrogens is 560 g/mol. The van der Waals surface area contributed by atoms with E-state index in [0.29, 0.717) is 23.4 Å². The lowest BCUT2D eigenvalue weighted by atomic mass is 10.0. The number of sulfonamides is 1. The minimum Gasteiger partial charge on any atom is -0.513 e. The Balaban J connectivity index is 1.80. The number of aliphatic hydroxyl groups is 1. The van der Waals surface area contributed by atoms with Crippen LogP contribution in [0.25, 0.3) is 11.6 Å². The largest absolute Gasteiger partial charge is 0.513 e. The molecule has 1 atom stereocenters. The Morgan fingerprint density at radius 1 is 1.26 bits per heavy atom. The lowest BCUT2D eigenvalue weighted by molar-refractivity contribution is -0.138. The highest BCUT2D eigenvalue weighted by Crippen LogP contribution is 2.40. The first-order chi connectivity index (χ1) is 18.3. The third kappa shape index (κ3) is 6.20. The molecule has 206 valence electrons. The number of hydrogen-bond acceptors (Lipinski definition) is 5. The van der Waals surface area contributed by atoms with Gasteiger partial charge in [0.15, 0.2) is 0 Å².